The number of fused-ring (bicyclic) bond motifs is 1. The van der Waals surface area contributed by atoms with Crippen LogP contribution in [0.5, 0.6) is 0 Å². The number of likely N-dealkylation sites (tertiary alicyclic amines) is 1. The number of nitrogens with one attached hydrogen (secondary N) is 2. The van der Waals surface area contributed by atoms with E-state index in [0.29, 0.717) is 12.6 Å². The molecule has 2 aliphatic heterocycles. The number of carbonyl (C=O) groups excluding carboxylic acids is 1. The van der Waals surface area contributed by atoms with E-state index in [1.165, 1.54) is 12.5 Å². The summed E-state index contributed by atoms with van der Waals surface area (Å²) in [4.78, 5) is 20.6. The molecule has 0 aliphatic carbocycles. The summed E-state index contributed by atoms with van der Waals surface area (Å²) >= 11 is 0. The Morgan fingerprint density at radius 1 is 1.12 bits per heavy atom. The van der Waals surface area contributed by atoms with Gasteiger partial charge in [0.25, 0.3) is 0 Å². The van der Waals surface area contributed by atoms with Crippen molar-refractivity contribution >= 4 is 41.5 Å². The van der Waals surface area contributed by atoms with Gasteiger partial charge in [-0.05, 0) is 23.3 Å². The van der Waals surface area contributed by atoms with Crippen LogP contribution in [0.1, 0.15) is 18.1 Å². The van der Waals surface area contributed by atoms with Gasteiger partial charge in [-0.15, -0.1) is 24.0 Å². The Morgan fingerprint density at radius 2 is 1.91 bits per heavy atom. The van der Waals surface area contributed by atoms with Crippen molar-refractivity contribution in [2.75, 3.05) is 38.6 Å². The largest absolute Gasteiger partial charge is 0.373 e. The molecule has 172 valence electrons. The van der Waals surface area contributed by atoms with E-state index in [9.17, 15) is 4.79 Å². The van der Waals surface area contributed by atoms with E-state index < -0.39 is 0 Å². The normalized spacial score (nSPS) is 20.9. The quantitative estimate of drug-likeness (QED) is 0.341. The number of halogens is 1. The minimum atomic E-state index is -0.0688. The standard InChI is InChI=1S/C24H31N5O2.HI/c1-18(30)27-21-10-6-9-20(13-21)14-26-24(25-2)29-16-22-23(17-29)31-12-11-28(22)15-19-7-4-3-5-8-19;/h3-10,13,22-23H,11-12,14-17H2,1-2H3,(H,25,26)(H,27,30);1H. The van der Waals surface area contributed by atoms with E-state index in [4.69, 9.17) is 4.74 Å². The maximum absolute atomic E-state index is 11.3. The van der Waals surface area contributed by atoms with Crippen molar-refractivity contribution in [2.45, 2.75) is 32.2 Å². The minimum absolute atomic E-state index is 0. The SMILES string of the molecule is CN=C(NCc1cccc(NC(C)=O)c1)N1CC2OCCN(Cc3ccccc3)C2C1.I. The van der Waals surface area contributed by atoms with Crippen LogP contribution in [-0.4, -0.2) is 67.1 Å². The molecule has 2 saturated heterocycles. The topological polar surface area (TPSA) is 69.2 Å². The van der Waals surface area contributed by atoms with Gasteiger partial charge in [0.15, 0.2) is 5.96 Å². The molecule has 1 amide bonds. The highest BCUT2D eigenvalue weighted by atomic mass is 127. The average Bonchev–Trinajstić information content (AvgIpc) is 3.20. The Hall–Kier alpha value is -2.17. The zero-order chi connectivity index (χ0) is 21.6. The van der Waals surface area contributed by atoms with Crippen LogP contribution in [-0.2, 0) is 22.6 Å². The highest BCUT2D eigenvalue weighted by molar-refractivity contribution is 14.0. The molecule has 2 aromatic rings. The number of guanidine groups is 1. The molecule has 0 aromatic heterocycles. The van der Waals surface area contributed by atoms with Crippen LogP contribution in [0.2, 0.25) is 0 Å². The summed E-state index contributed by atoms with van der Waals surface area (Å²) < 4.78 is 6.10. The number of amides is 1. The summed E-state index contributed by atoms with van der Waals surface area (Å²) in [5.41, 5.74) is 3.23. The molecule has 8 heteroatoms. The molecule has 0 saturated carbocycles. The summed E-state index contributed by atoms with van der Waals surface area (Å²) in [6.45, 7) is 6.55. The Bertz CT molecular complexity index is 924. The number of anilines is 1. The predicted molar refractivity (Wildman–Crippen MR) is 138 cm³/mol. The number of rotatable bonds is 5. The first-order valence-corrected chi connectivity index (χ1v) is 10.8. The van der Waals surface area contributed by atoms with Gasteiger partial charge in [-0.1, -0.05) is 42.5 Å². The van der Waals surface area contributed by atoms with Gasteiger partial charge in [-0.2, -0.15) is 0 Å². The van der Waals surface area contributed by atoms with Crippen molar-refractivity contribution in [3.05, 3.63) is 65.7 Å². The number of ether oxygens (including phenoxy) is 1. The van der Waals surface area contributed by atoms with E-state index in [2.05, 4.69) is 55.8 Å². The second-order valence-corrected chi connectivity index (χ2v) is 8.12. The molecular formula is C24H32IN5O2. The van der Waals surface area contributed by atoms with Crippen molar-refractivity contribution in [3.63, 3.8) is 0 Å². The number of aliphatic imine (C=N–C) groups is 1. The first-order chi connectivity index (χ1) is 15.1. The Kier molecular flexibility index (Phi) is 8.89. The van der Waals surface area contributed by atoms with Crippen LogP contribution < -0.4 is 10.6 Å². The number of carbonyl (C=O) groups is 1. The third-order valence-corrected chi connectivity index (χ3v) is 5.85. The molecule has 7 nitrogen and oxygen atoms in total. The van der Waals surface area contributed by atoms with Gasteiger partial charge in [0.05, 0.1) is 18.8 Å². The van der Waals surface area contributed by atoms with E-state index in [-0.39, 0.29) is 36.0 Å². The number of hydrogen-bond acceptors (Lipinski definition) is 4. The monoisotopic (exact) mass is 549 g/mol. The van der Waals surface area contributed by atoms with Crippen LogP contribution in [0.3, 0.4) is 0 Å². The molecule has 2 unspecified atom stereocenters. The lowest BCUT2D eigenvalue weighted by Crippen LogP contribution is -2.50. The van der Waals surface area contributed by atoms with Gasteiger partial charge in [0.2, 0.25) is 5.91 Å². The van der Waals surface area contributed by atoms with E-state index in [1.807, 2.05) is 31.3 Å². The maximum atomic E-state index is 11.3. The zero-order valence-electron chi connectivity index (χ0n) is 18.7. The molecule has 0 spiro atoms. The van der Waals surface area contributed by atoms with Gasteiger partial charge in [0.1, 0.15) is 0 Å². The molecule has 32 heavy (non-hydrogen) atoms. The van der Waals surface area contributed by atoms with Crippen LogP contribution in [0.15, 0.2) is 59.6 Å². The number of nitrogens with zero attached hydrogens (tertiary/aromatic N) is 3. The summed E-state index contributed by atoms with van der Waals surface area (Å²) in [5.74, 6) is 0.809. The highest BCUT2D eigenvalue weighted by Crippen LogP contribution is 2.24. The molecule has 2 aliphatic rings. The fourth-order valence-electron chi connectivity index (χ4n) is 4.42. The zero-order valence-corrected chi connectivity index (χ0v) is 21.0. The average molecular weight is 549 g/mol. The third kappa shape index (κ3) is 6.20. The molecule has 4 rings (SSSR count). The predicted octanol–water partition coefficient (Wildman–Crippen LogP) is 2.92. The second kappa shape index (κ2) is 11.6. The summed E-state index contributed by atoms with van der Waals surface area (Å²) in [7, 11) is 1.82. The fourth-order valence-corrected chi connectivity index (χ4v) is 4.42. The lowest BCUT2D eigenvalue weighted by molar-refractivity contribution is -0.114. The lowest BCUT2D eigenvalue weighted by Gasteiger charge is -2.36. The molecule has 2 fully saturated rings. The molecule has 2 aromatic carbocycles. The van der Waals surface area contributed by atoms with E-state index in [0.717, 1.165) is 50.0 Å². The highest BCUT2D eigenvalue weighted by Gasteiger charge is 2.41. The Labute approximate surface area is 207 Å². The van der Waals surface area contributed by atoms with Crippen molar-refractivity contribution < 1.29 is 9.53 Å². The Balaban J connectivity index is 0.00000289. The van der Waals surface area contributed by atoms with Crippen molar-refractivity contribution in [1.82, 2.24) is 15.1 Å². The number of hydrogen-bond donors (Lipinski definition) is 2. The van der Waals surface area contributed by atoms with Crippen molar-refractivity contribution in [2.24, 2.45) is 4.99 Å². The van der Waals surface area contributed by atoms with Gasteiger partial charge < -0.3 is 20.3 Å². The number of morpholine rings is 1. The molecule has 0 radical (unpaired) electrons. The van der Waals surface area contributed by atoms with Crippen LogP contribution >= 0.6 is 24.0 Å². The van der Waals surface area contributed by atoms with Gasteiger partial charge in [-0.25, -0.2) is 0 Å². The summed E-state index contributed by atoms with van der Waals surface area (Å²) in [6.07, 6.45) is 0.194. The van der Waals surface area contributed by atoms with Crippen LogP contribution in [0, 0.1) is 0 Å². The van der Waals surface area contributed by atoms with Crippen LogP contribution in [0.4, 0.5) is 5.69 Å². The van der Waals surface area contributed by atoms with Gasteiger partial charge in [-0.3, -0.25) is 14.7 Å². The first-order valence-electron chi connectivity index (χ1n) is 10.8. The molecule has 0 bridgehead atoms. The summed E-state index contributed by atoms with van der Waals surface area (Å²) in [5, 5.41) is 6.30. The lowest BCUT2D eigenvalue weighted by atomic mass is 10.1. The summed E-state index contributed by atoms with van der Waals surface area (Å²) in [6, 6.07) is 18.9. The van der Waals surface area contributed by atoms with E-state index in [1.54, 1.807) is 0 Å². The van der Waals surface area contributed by atoms with Crippen molar-refractivity contribution in [1.29, 1.82) is 0 Å². The van der Waals surface area contributed by atoms with Crippen molar-refractivity contribution in [3.8, 4) is 0 Å². The Morgan fingerprint density at radius 3 is 2.66 bits per heavy atom. The molecule has 2 heterocycles. The smallest absolute Gasteiger partial charge is 0.221 e. The van der Waals surface area contributed by atoms with Crippen LogP contribution in [0.25, 0.3) is 0 Å². The fraction of sp³-hybridized carbons (Fsp3) is 0.417. The molecular weight excluding hydrogens is 517 g/mol. The minimum Gasteiger partial charge on any atom is -0.373 e. The maximum Gasteiger partial charge on any atom is 0.221 e. The molecule has 2 atom stereocenters. The van der Waals surface area contributed by atoms with Gasteiger partial charge in [0, 0.05) is 52.4 Å². The van der Waals surface area contributed by atoms with E-state index >= 15 is 0 Å². The second-order valence-electron chi connectivity index (χ2n) is 8.12. The number of benzene rings is 2. The third-order valence-electron chi connectivity index (χ3n) is 5.85. The van der Waals surface area contributed by atoms with Gasteiger partial charge >= 0.3 is 0 Å². The molecule has 2 N–H and O–H groups in total. The first kappa shape index (κ1) is 24.5.